The third-order valence-corrected chi connectivity index (χ3v) is 3.19. The quantitative estimate of drug-likeness (QED) is 0.738. The summed E-state index contributed by atoms with van der Waals surface area (Å²) in [5.41, 5.74) is 0. The number of nitrogens with one attached hydrogen (secondary N) is 1. The molecule has 0 saturated carbocycles. The summed E-state index contributed by atoms with van der Waals surface area (Å²) in [5, 5.41) is 3.35. The molecule has 1 N–H and O–H groups in total. The highest BCUT2D eigenvalue weighted by molar-refractivity contribution is 5.76. The van der Waals surface area contributed by atoms with Crippen molar-refractivity contribution < 1.29 is 4.79 Å². The molecule has 0 aliphatic carbocycles. The SMILES string of the molecule is CN(C)CCC(=O)N(C)CC1CCNCC1. The number of hydrogen-bond donors (Lipinski definition) is 1. The van der Waals surface area contributed by atoms with E-state index >= 15 is 0 Å². The zero-order valence-corrected chi connectivity index (χ0v) is 10.8. The zero-order chi connectivity index (χ0) is 12.0. The molecule has 0 atom stereocenters. The second-order valence-corrected chi connectivity index (χ2v) is 5.02. The lowest BCUT2D eigenvalue weighted by Gasteiger charge is -2.27. The second-order valence-electron chi connectivity index (χ2n) is 5.02. The van der Waals surface area contributed by atoms with Crippen molar-refractivity contribution in [1.29, 1.82) is 0 Å². The Bertz CT molecular complexity index is 212. The largest absolute Gasteiger partial charge is 0.345 e. The van der Waals surface area contributed by atoms with Crippen molar-refractivity contribution in [2.45, 2.75) is 19.3 Å². The van der Waals surface area contributed by atoms with E-state index < -0.39 is 0 Å². The number of hydrogen-bond acceptors (Lipinski definition) is 3. The van der Waals surface area contributed by atoms with Crippen LogP contribution in [0, 0.1) is 5.92 Å². The Balaban J connectivity index is 2.21. The van der Waals surface area contributed by atoms with Gasteiger partial charge in [0.25, 0.3) is 0 Å². The van der Waals surface area contributed by atoms with Crippen LogP contribution < -0.4 is 5.32 Å². The third kappa shape index (κ3) is 4.94. The normalized spacial score (nSPS) is 17.8. The highest BCUT2D eigenvalue weighted by atomic mass is 16.2. The van der Waals surface area contributed by atoms with Gasteiger partial charge >= 0.3 is 0 Å². The molecule has 1 fully saturated rings. The number of carbonyl (C=O) groups is 1. The maximum atomic E-state index is 11.8. The summed E-state index contributed by atoms with van der Waals surface area (Å²) in [7, 11) is 5.93. The zero-order valence-electron chi connectivity index (χ0n) is 10.8. The van der Waals surface area contributed by atoms with E-state index in [0.717, 1.165) is 26.2 Å². The van der Waals surface area contributed by atoms with Crippen molar-refractivity contribution in [2.24, 2.45) is 5.92 Å². The highest BCUT2D eigenvalue weighted by Crippen LogP contribution is 2.12. The molecule has 0 spiro atoms. The van der Waals surface area contributed by atoms with Gasteiger partial charge in [0.2, 0.25) is 5.91 Å². The number of carbonyl (C=O) groups excluding carboxylic acids is 1. The van der Waals surface area contributed by atoms with Gasteiger partial charge in [0.15, 0.2) is 0 Å². The lowest BCUT2D eigenvalue weighted by Crippen LogP contribution is -2.37. The molecule has 0 radical (unpaired) electrons. The van der Waals surface area contributed by atoms with E-state index in [1.807, 2.05) is 26.0 Å². The van der Waals surface area contributed by atoms with E-state index in [0.29, 0.717) is 12.3 Å². The van der Waals surface area contributed by atoms with Gasteiger partial charge in [-0.25, -0.2) is 0 Å². The number of rotatable bonds is 5. The average molecular weight is 227 g/mol. The molecule has 94 valence electrons. The first-order valence-corrected chi connectivity index (χ1v) is 6.19. The van der Waals surface area contributed by atoms with E-state index in [1.54, 1.807) is 0 Å². The molecule has 1 aliphatic rings. The molecule has 1 saturated heterocycles. The Morgan fingerprint density at radius 3 is 2.44 bits per heavy atom. The van der Waals surface area contributed by atoms with Crippen molar-refractivity contribution in [3.8, 4) is 0 Å². The number of nitrogens with zero attached hydrogens (tertiary/aromatic N) is 2. The fraction of sp³-hybridized carbons (Fsp3) is 0.917. The fourth-order valence-corrected chi connectivity index (χ4v) is 2.06. The van der Waals surface area contributed by atoms with Gasteiger partial charge in [-0.1, -0.05) is 0 Å². The molecule has 0 aromatic carbocycles. The third-order valence-electron chi connectivity index (χ3n) is 3.19. The molecule has 4 nitrogen and oxygen atoms in total. The van der Waals surface area contributed by atoms with Gasteiger partial charge in [0, 0.05) is 26.6 Å². The van der Waals surface area contributed by atoms with Crippen LogP contribution in [0.15, 0.2) is 0 Å². The number of piperidine rings is 1. The van der Waals surface area contributed by atoms with Crippen molar-refractivity contribution in [3.05, 3.63) is 0 Å². The van der Waals surface area contributed by atoms with Gasteiger partial charge in [-0.3, -0.25) is 4.79 Å². The molecule has 16 heavy (non-hydrogen) atoms. The van der Waals surface area contributed by atoms with Crippen LogP contribution in [0.4, 0.5) is 0 Å². The van der Waals surface area contributed by atoms with Crippen molar-refractivity contribution >= 4 is 5.91 Å². The van der Waals surface area contributed by atoms with E-state index in [-0.39, 0.29) is 5.91 Å². The summed E-state index contributed by atoms with van der Waals surface area (Å²) in [5.74, 6) is 0.960. The molecule has 1 amide bonds. The summed E-state index contributed by atoms with van der Waals surface area (Å²) in [6, 6.07) is 0. The molecular weight excluding hydrogens is 202 g/mol. The van der Waals surface area contributed by atoms with Crippen LogP contribution in [-0.2, 0) is 4.79 Å². The van der Waals surface area contributed by atoms with Gasteiger partial charge in [0.05, 0.1) is 0 Å². The summed E-state index contributed by atoms with van der Waals surface area (Å²) in [6.45, 7) is 3.97. The van der Waals surface area contributed by atoms with Crippen LogP contribution in [0.1, 0.15) is 19.3 Å². The van der Waals surface area contributed by atoms with Crippen molar-refractivity contribution in [1.82, 2.24) is 15.1 Å². The molecular formula is C12H25N3O. The molecule has 4 heteroatoms. The molecule has 0 aromatic heterocycles. The molecule has 1 heterocycles. The van der Waals surface area contributed by atoms with Crippen LogP contribution in [-0.4, -0.2) is 63.0 Å². The molecule has 1 rings (SSSR count). The highest BCUT2D eigenvalue weighted by Gasteiger charge is 2.17. The van der Waals surface area contributed by atoms with Crippen LogP contribution in [0.3, 0.4) is 0 Å². The van der Waals surface area contributed by atoms with E-state index in [9.17, 15) is 4.79 Å². The average Bonchev–Trinajstić information content (AvgIpc) is 2.27. The minimum atomic E-state index is 0.271. The Morgan fingerprint density at radius 1 is 1.25 bits per heavy atom. The van der Waals surface area contributed by atoms with Gasteiger partial charge in [0.1, 0.15) is 0 Å². The first-order valence-electron chi connectivity index (χ1n) is 6.19. The molecule has 1 aliphatic heterocycles. The molecule has 0 bridgehead atoms. The summed E-state index contributed by atoms with van der Waals surface area (Å²) >= 11 is 0. The van der Waals surface area contributed by atoms with Gasteiger partial charge in [-0.15, -0.1) is 0 Å². The van der Waals surface area contributed by atoms with Gasteiger partial charge in [-0.2, -0.15) is 0 Å². The molecule has 0 unspecified atom stereocenters. The van der Waals surface area contributed by atoms with E-state index in [1.165, 1.54) is 12.8 Å². The van der Waals surface area contributed by atoms with Crippen molar-refractivity contribution in [2.75, 3.05) is 47.3 Å². The van der Waals surface area contributed by atoms with Gasteiger partial charge in [-0.05, 0) is 45.9 Å². The maximum Gasteiger partial charge on any atom is 0.223 e. The fourth-order valence-electron chi connectivity index (χ4n) is 2.06. The minimum absolute atomic E-state index is 0.271. The predicted octanol–water partition coefficient (Wildman–Crippen LogP) is 0.396. The van der Waals surface area contributed by atoms with Crippen LogP contribution >= 0.6 is 0 Å². The Labute approximate surface area is 99.0 Å². The maximum absolute atomic E-state index is 11.8. The van der Waals surface area contributed by atoms with Crippen LogP contribution in [0.25, 0.3) is 0 Å². The standard InChI is InChI=1S/C12H25N3O/c1-14(2)9-6-12(16)15(3)10-11-4-7-13-8-5-11/h11,13H,4-10H2,1-3H3. The van der Waals surface area contributed by atoms with Crippen molar-refractivity contribution in [3.63, 3.8) is 0 Å². The lowest BCUT2D eigenvalue weighted by molar-refractivity contribution is -0.130. The predicted molar refractivity (Wildman–Crippen MR) is 66.4 cm³/mol. The summed E-state index contributed by atoms with van der Waals surface area (Å²) in [4.78, 5) is 15.8. The van der Waals surface area contributed by atoms with E-state index in [4.69, 9.17) is 0 Å². The Kier molecular flexibility index (Phi) is 5.77. The minimum Gasteiger partial charge on any atom is -0.345 e. The summed E-state index contributed by atoms with van der Waals surface area (Å²) < 4.78 is 0. The first-order chi connectivity index (χ1) is 7.59. The number of amides is 1. The first kappa shape index (κ1) is 13.5. The topological polar surface area (TPSA) is 35.6 Å². The molecule has 0 aromatic rings. The second kappa shape index (κ2) is 6.86. The van der Waals surface area contributed by atoms with Crippen LogP contribution in [0.5, 0.6) is 0 Å². The Hall–Kier alpha value is -0.610. The van der Waals surface area contributed by atoms with Gasteiger partial charge < -0.3 is 15.1 Å². The van der Waals surface area contributed by atoms with Crippen LogP contribution in [0.2, 0.25) is 0 Å². The Morgan fingerprint density at radius 2 is 1.88 bits per heavy atom. The van der Waals surface area contributed by atoms with E-state index in [2.05, 4.69) is 10.2 Å². The smallest absolute Gasteiger partial charge is 0.223 e. The lowest BCUT2D eigenvalue weighted by atomic mass is 9.97. The monoisotopic (exact) mass is 227 g/mol. The summed E-state index contributed by atoms with van der Waals surface area (Å²) in [6.07, 6.45) is 3.03.